The third-order valence-electron chi connectivity index (χ3n) is 4.81. The molecular formula is C20H32F3N5O2. The molecule has 170 valence electrons. The second-order valence-electron chi connectivity index (χ2n) is 7.94. The highest BCUT2D eigenvalue weighted by Gasteiger charge is 2.37. The lowest BCUT2D eigenvalue weighted by atomic mass is 9.97. The number of carbonyl (C=O) groups excluding carboxylic acids is 1. The Bertz CT molecular complexity index is 945. The van der Waals surface area contributed by atoms with Crippen molar-refractivity contribution in [2.45, 2.75) is 38.1 Å². The molecule has 0 radical (unpaired) electrons. The Morgan fingerprint density at radius 1 is 1.37 bits per heavy atom. The Labute approximate surface area is 178 Å². The van der Waals surface area contributed by atoms with Crippen molar-refractivity contribution in [1.82, 2.24) is 15.3 Å². The van der Waals surface area contributed by atoms with Gasteiger partial charge in [0.25, 0.3) is 0 Å². The van der Waals surface area contributed by atoms with E-state index in [1.165, 1.54) is 24.4 Å². The molecule has 1 aliphatic rings. The number of piperazine rings is 1. The maximum absolute atomic E-state index is 13.6. The standard InChI is InChI=1S/C20H24F3N5O2.4H2/c1-19(2,30)10-12-11-28(9-8-25-12)15-6-5-14(20(21,22)23)16(27-15)17(29)13-4-3-7-26-18(13)24;;;;/h3-7,12,25,30H,8-11H2,1-2H3,(H2,24,26);4*1H. The van der Waals surface area contributed by atoms with Gasteiger partial charge in [-0.2, -0.15) is 13.2 Å². The molecular weight excluding hydrogens is 399 g/mol. The largest absolute Gasteiger partial charge is 0.418 e. The molecule has 10 heteroatoms. The second-order valence-corrected chi connectivity index (χ2v) is 7.94. The van der Waals surface area contributed by atoms with Crippen molar-refractivity contribution in [3.63, 3.8) is 0 Å². The van der Waals surface area contributed by atoms with Crippen LogP contribution in [0, 0.1) is 0 Å². The topological polar surface area (TPSA) is 104 Å². The number of nitrogens with two attached hydrogens (primary N) is 1. The van der Waals surface area contributed by atoms with Crippen LogP contribution in [0.2, 0.25) is 0 Å². The Kier molecular flexibility index (Phi) is 6.00. The number of ketones is 1. The zero-order chi connectivity index (χ0) is 22.1. The van der Waals surface area contributed by atoms with Gasteiger partial charge in [-0.3, -0.25) is 4.79 Å². The molecule has 1 saturated heterocycles. The number of aromatic nitrogens is 2. The van der Waals surface area contributed by atoms with Gasteiger partial charge in [0.05, 0.1) is 16.7 Å². The average Bonchev–Trinajstić information content (AvgIpc) is 2.65. The normalized spacial score (nSPS) is 17.8. The van der Waals surface area contributed by atoms with E-state index in [1.54, 1.807) is 18.7 Å². The molecule has 3 rings (SSSR count). The third kappa shape index (κ3) is 5.06. The highest BCUT2D eigenvalue weighted by molar-refractivity contribution is 6.11. The second kappa shape index (κ2) is 8.19. The van der Waals surface area contributed by atoms with E-state index in [-0.39, 0.29) is 28.9 Å². The lowest BCUT2D eigenvalue weighted by molar-refractivity contribution is -0.138. The van der Waals surface area contributed by atoms with E-state index in [4.69, 9.17) is 5.73 Å². The van der Waals surface area contributed by atoms with E-state index in [9.17, 15) is 23.1 Å². The fraction of sp³-hybridized carbons (Fsp3) is 0.450. The SMILES string of the molecule is CC(C)(O)CC1CN(c2ccc(C(F)(F)F)c(C(=O)c3cccnc3N)n2)CCN1.[HH].[HH].[HH].[HH]. The van der Waals surface area contributed by atoms with E-state index < -0.39 is 28.8 Å². The number of rotatable bonds is 5. The van der Waals surface area contributed by atoms with Crippen LogP contribution in [-0.4, -0.2) is 52.1 Å². The number of hydrogen-bond acceptors (Lipinski definition) is 7. The zero-order valence-corrected chi connectivity index (χ0v) is 16.7. The molecule has 7 nitrogen and oxygen atoms in total. The minimum atomic E-state index is -4.75. The lowest BCUT2D eigenvalue weighted by Gasteiger charge is -2.37. The minimum absolute atomic E-state index is 0. The maximum Gasteiger partial charge on any atom is 0.418 e. The molecule has 0 spiro atoms. The molecule has 3 heterocycles. The smallest absolute Gasteiger partial charge is 0.390 e. The number of alkyl halides is 3. The summed E-state index contributed by atoms with van der Waals surface area (Å²) in [5, 5.41) is 13.3. The van der Waals surface area contributed by atoms with Crippen molar-refractivity contribution in [3.8, 4) is 0 Å². The molecule has 30 heavy (non-hydrogen) atoms. The van der Waals surface area contributed by atoms with Gasteiger partial charge in [-0.15, -0.1) is 0 Å². The molecule has 1 unspecified atom stereocenters. The summed E-state index contributed by atoms with van der Waals surface area (Å²) < 4.78 is 40.7. The summed E-state index contributed by atoms with van der Waals surface area (Å²) >= 11 is 0. The number of pyridine rings is 2. The van der Waals surface area contributed by atoms with Gasteiger partial charge in [0.15, 0.2) is 0 Å². The molecule has 0 saturated carbocycles. The third-order valence-corrected chi connectivity index (χ3v) is 4.81. The van der Waals surface area contributed by atoms with Crippen LogP contribution in [0.5, 0.6) is 0 Å². The number of nitrogen functional groups attached to an aromatic ring is 1. The van der Waals surface area contributed by atoms with Crippen molar-refractivity contribution in [2.75, 3.05) is 30.3 Å². The van der Waals surface area contributed by atoms with E-state index in [1.807, 2.05) is 0 Å². The number of halogens is 3. The van der Waals surface area contributed by atoms with Crippen LogP contribution in [0.3, 0.4) is 0 Å². The van der Waals surface area contributed by atoms with Gasteiger partial charge in [0, 0.05) is 37.6 Å². The van der Waals surface area contributed by atoms with Crippen molar-refractivity contribution >= 4 is 17.4 Å². The Balaban J connectivity index is 0. The molecule has 2 aromatic rings. The fourth-order valence-corrected chi connectivity index (χ4v) is 3.54. The molecule has 2 aromatic heterocycles. The highest BCUT2D eigenvalue weighted by atomic mass is 19.4. The van der Waals surface area contributed by atoms with Crippen LogP contribution in [-0.2, 0) is 6.18 Å². The summed E-state index contributed by atoms with van der Waals surface area (Å²) in [5.74, 6) is -0.829. The first-order valence-corrected chi connectivity index (χ1v) is 9.50. The maximum atomic E-state index is 13.6. The summed E-state index contributed by atoms with van der Waals surface area (Å²) in [6.07, 6.45) is -2.94. The quantitative estimate of drug-likeness (QED) is 0.625. The van der Waals surface area contributed by atoms with Gasteiger partial charge in [-0.05, 0) is 44.5 Å². The molecule has 1 fully saturated rings. The molecule has 4 N–H and O–H groups in total. The van der Waals surface area contributed by atoms with E-state index >= 15 is 0 Å². The van der Waals surface area contributed by atoms with Gasteiger partial charge in [-0.25, -0.2) is 9.97 Å². The lowest BCUT2D eigenvalue weighted by Crippen LogP contribution is -2.53. The molecule has 1 aliphatic heterocycles. The average molecular weight is 432 g/mol. The summed E-state index contributed by atoms with van der Waals surface area (Å²) in [4.78, 5) is 22.6. The molecule has 0 amide bonds. The molecule has 0 aromatic carbocycles. The number of nitrogens with one attached hydrogen (secondary N) is 1. The summed E-state index contributed by atoms with van der Waals surface area (Å²) in [5.41, 5.74) is 2.83. The van der Waals surface area contributed by atoms with Crippen LogP contribution in [0.15, 0.2) is 30.5 Å². The van der Waals surface area contributed by atoms with Gasteiger partial charge in [0.2, 0.25) is 5.78 Å². The van der Waals surface area contributed by atoms with Crippen LogP contribution in [0.4, 0.5) is 24.8 Å². The van der Waals surface area contributed by atoms with Gasteiger partial charge in [0.1, 0.15) is 17.3 Å². The molecule has 0 aliphatic carbocycles. The Hall–Kier alpha value is -2.72. The number of anilines is 2. The van der Waals surface area contributed by atoms with Gasteiger partial charge < -0.3 is 21.1 Å². The van der Waals surface area contributed by atoms with Crippen molar-refractivity contribution in [3.05, 3.63) is 47.3 Å². The fourth-order valence-electron chi connectivity index (χ4n) is 3.54. The monoisotopic (exact) mass is 431 g/mol. The van der Waals surface area contributed by atoms with Crippen LogP contribution >= 0.6 is 0 Å². The molecule has 0 bridgehead atoms. The van der Waals surface area contributed by atoms with Crippen LogP contribution in [0.1, 0.15) is 47.6 Å². The van der Waals surface area contributed by atoms with E-state index in [0.29, 0.717) is 26.1 Å². The Morgan fingerprint density at radius 3 is 2.73 bits per heavy atom. The summed E-state index contributed by atoms with van der Waals surface area (Å²) in [7, 11) is 0. The van der Waals surface area contributed by atoms with Crippen molar-refractivity contribution < 1.29 is 28.8 Å². The van der Waals surface area contributed by atoms with E-state index in [2.05, 4.69) is 15.3 Å². The number of carbonyl (C=O) groups is 1. The summed E-state index contributed by atoms with van der Waals surface area (Å²) in [6.45, 7) is 4.90. The van der Waals surface area contributed by atoms with Crippen molar-refractivity contribution in [1.29, 1.82) is 0 Å². The Morgan fingerprint density at radius 2 is 2.10 bits per heavy atom. The number of nitrogens with zero attached hydrogens (tertiary/aromatic N) is 3. The van der Waals surface area contributed by atoms with Crippen LogP contribution in [0.25, 0.3) is 0 Å². The summed E-state index contributed by atoms with van der Waals surface area (Å²) in [6, 6.07) is 4.81. The van der Waals surface area contributed by atoms with Crippen LogP contribution < -0.4 is 16.0 Å². The number of aliphatic hydroxyl groups is 1. The first-order chi connectivity index (χ1) is 14.0. The first kappa shape index (κ1) is 22.0. The predicted molar refractivity (Wildman–Crippen MR) is 115 cm³/mol. The highest BCUT2D eigenvalue weighted by Crippen LogP contribution is 2.34. The predicted octanol–water partition coefficient (Wildman–Crippen LogP) is 3.23. The van der Waals surface area contributed by atoms with Gasteiger partial charge in [-0.1, -0.05) is 0 Å². The minimum Gasteiger partial charge on any atom is -0.390 e. The molecule has 1 atom stereocenters. The van der Waals surface area contributed by atoms with Crippen molar-refractivity contribution in [2.24, 2.45) is 0 Å². The van der Waals surface area contributed by atoms with E-state index in [0.717, 1.165) is 6.07 Å². The van der Waals surface area contributed by atoms with Gasteiger partial charge >= 0.3 is 6.18 Å². The number of hydrogen-bond donors (Lipinski definition) is 3. The zero-order valence-electron chi connectivity index (χ0n) is 16.7. The first-order valence-electron chi connectivity index (χ1n) is 9.50.